The molecule has 6 aliphatic heterocycles. The number of pyridine rings is 1. The predicted octanol–water partition coefficient (Wildman–Crippen LogP) is 3.16. The van der Waals surface area contributed by atoms with Crippen LogP contribution >= 0.6 is 0 Å². The lowest BCUT2D eigenvalue weighted by Gasteiger charge is -2.37. The second-order valence-corrected chi connectivity index (χ2v) is 13.4. The standard InChI is InChI=1S/C32H37F2N9O2/c1-2-24-36-13-21-10-22(44)11-23(43(21)24)28-26(34)27-25(29-35-7-9-42(28)29)30(40-15-19-4-5-20(16-40)37-19)39-31(38-27)45-17-32-6-3-8-41(32)14-18(33)12-32/h10-11,13,18-20,37,44H,2-9,12,14-17H2,1H3/t18-,19-,20+,32+/m1/s1. The fourth-order valence-corrected chi connectivity index (χ4v) is 8.67. The second kappa shape index (κ2) is 10.1. The van der Waals surface area contributed by atoms with Crippen molar-refractivity contribution in [3.8, 4) is 11.8 Å². The van der Waals surface area contributed by atoms with Gasteiger partial charge in [0, 0.05) is 63.2 Å². The molecule has 13 heteroatoms. The van der Waals surface area contributed by atoms with E-state index in [1.54, 1.807) is 18.3 Å². The van der Waals surface area contributed by atoms with Gasteiger partial charge in [0.1, 0.15) is 47.4 Å². The highest BCUT2D eigenvalue weighted by Crippen LogP contribution is 2.45. The van der Waals surface area contributed by atoms with Crippen molar-refractivity contribution in [3.63, 3.8) is 0 Å². The molecule has 236 valence electrons. The van der Waals surface area contributed by atoms with Gasteiger partial charge in [-0.3, -0.25) is 14.3 Å². The van der Waals surface area contributed by atoms with Gasteiger partial charge in [-0.1, -0.05) is 6.92 Å². The largest absolute Gasteiger partial charge is 0.508 e. The van der Waals surface area contributed by atoms with Crippen molar-refractivity contribution < 1.29 is 18.6 Å². The average molecular weight is 618 g/mol. The first-order valence-electron chi connectivity index (χ1n) is 16.3. The lowest BCUT2D eigenvalue weighted by molar-refractivity contribution is 0.107. The minimum Gasteiger partial charge on any atom is -0.508 e. The Morgan fingerprint density at radius 1 is 1.13 bits per heavy atom. The number of anilines is 1. The molecule has 0 unspecified atom stereocenters. The number of fused-ring (bicyclic) bond motifs is 7. The van der Waals surface area contributed by atoms with Crippen LogP contribution in [0.1, 0.15) is 61.8 Å². The van der Waals surface area contributed by atoms with E-state index >= 15 is 4.39 Å². The van der Waals surface area contributed by atoms with Crippen LogP contribution in [0.5, 0.6) is 11.8 Å². The molecule has 3 aromatic rings. The zero-order chi connectivity index (χ0) is 30.4. The van der Waals surface area contributed by atoms with E-state index in [1.807, 2.05) is 16.2 Å². The number of aromatic nitrogens is 4. The Morgan fingerprint density at radius 2 is 1.98 bits per heavy atom. The van der Waals surface area contributed by atoms with Gasteiger partial charge in [-0.15, -0.1) is 0 Å². The zero-order valence-electron chi connectivity index (χ0n) is 25.3. The van der Waals surface area contributed by atoms with Gasteiger partial charge in [0.05, 0.1) is 35.1 Å². The predicted molar refractivity (Wildman–Crippen MR) is 165 cm³/mol. The van der Waals surface area contributed by atoms with Crippen molar-refractivity contribution in [2.75, 3.05) is 50.8 Å². The summed E-state index contributed by atoms with van der Waals surface area (Å²) in [6.07, 6.45) is 5.90. The molecule has 2 N–H and O–H groups in total. The smallest absolute Gasteiger partial charge is 0.319 e. The second-order valence-electron chi connectivity index (χ2n) is 13.4. The van der Waals surface area contributed by atoms with Gasteiger partial charge >= 0.3 is 6.01 Å². The van der Waals surface area contributed by atoms with Crippen molar-refractivity contribution in [3.05, 3.63) is 41.1 Å². The molecule has 6 aliphatic rings. The maximum atomic E-state index is 17.3. The number of ether oxygens (including phenoxy) is 1. The van der Waals surface area contributed by atoms with Crippen LogP contribution in [0.3, 0.4) is 0 Å². The topological polar surface area (TPSA) is 107 Å². The number of hydrogen-bond donors (Lipinski definition) is 2. The summed E-state index contributed by atoms with van der Waals surface area (Å²) in [7, 11) is 0. The van der Waals surface area contributed by atoms with Gasteiger partial charge in [-0.25, -0.2) is 13.8 Å². The number of alkyl halides is 1. The number of rotatable bonds is 6. The van der Waals surface area contributed by atoms with Crippen LogP contribution in [-0.2, 0) is 6.42 Å². The van der Waals surface area contributed by atoms with E-state index in [0.29, 0.717) is 78.7 Å². The summed E-state index contributed by atoms with van der Waals surface area (Å²) in [5, 5.41) is 14.4. The number of halogens is 2. The summed E-state index contributed by atoms with van der Waals surface area (Å²) in [5.41, 5.74) is 1.78. The molecule has 45 heavy (non-hydrogen) atoms. The van der Waals surface area contributed by atoms with Gasteiger partial charge in [0.15, 0.2) is 5.83 Å². The van der Waals surface area contributed by atoms with Gasteiger partial charge in [-0.05, 0) is 32.2 Å². The third kappa shape index (κ3) is 4.19. The Hall–Kier alpha value is -3.84. The molecule has 9 rings (SSSR count). The van der Waals surface area contributed by atoms with Gasteiger partial charge < -0.3 is 25.0 Å². The fraction of sp³-hybridized carbons (Fsp3) is 0.562. The lowest BCUT2D eigenvalue weighted by Crippen LogP contribution is -2.52. The highest BCUT2D eigenvalue weighted by molar-refractivity contribution is 6.16. The molecule has 0 saturated carbocycles. The fourth-order valence-electron chi connectivity index (χ4n) is 8.67. The highest BCUT2D eigenvalue weighted by atomic mass is 19.1. The van der Waals surface area contributed by atoms with Gasteiger partial charge in [0.25, 0.3) is 0 Å². The summed E-state index contributed by atoms with van der Waals surface area (Å²) in [6, 6.07) is 3.97. The van der Waals surface area contributed by atoms with E-state index in [2.05, 4.69) is 20.1 Å². The Kier molecular flexibility index (Phi) is 6.15. The van der Waals surface area contributed by atoms with E-state index in [1.165, 1.54) is 0 Å². The molecule has 0 spiro atoms. The van der Waals surface area contributed by atoms with Crippen molar-refractivity contribution >= 4 is 28.7 Å². The zero-order valence-corrected chi connectivity index (χ0v) is 25.3. The molecule has 0 amide bonds. The minimum atomic E-state index is -0.880. The van der Waals surface area contributed by atoms with E-state index < -0.39 is 12.0 Å². The molecule has 0 aliphatic carbocycles. The Labute approximate surface area is 259 Å². The van der Waals surface area contributed by atoms with Crippen LogP contribution in [0.4, 0.5) is 14.6 Å². The molecule has 11 nitrogen and oxygen atoms in total. The van der Waals surface area contributed by atoms with Crippen molar-refractivity contribution in [2.24, 2.45) is 4.99 Å². The quantitative estimate of drug-likeness (QED) is 0.432. The maximum absolute atomic E-state index is 17.3. The van der Waals surface area contributed by atoms with Gasteiger partial charge in [0.2, 0.25) is 0 Å². The number of aliphatic imine (C=N–C) groups is 1. The number of imidazole rings is 1. The summed E-state index contributed by atoms with van der Waals surface area (Å²) in [5.74, 6) is 1.51. The minimum absolute atomic E-state index is 0.0237. The molecular formula is C32H37F2N9O2. The number of hydrogen-bond acceptors (Lipinski definition) is 10. The summed E-state index contributed by atoms with van der Waals surface area (Å²) >= 11 is 0. The molecule has 9 heterocycles. The monoisotopic (exact) mass is 617 g/mol. The van der Waals surface area contributed by atoms with Crippen molar-refractivity contribution in [2.45, 2.75) is 69.2 Å². The molecular weight excluding hydrogens is 580 g/mol. The lowest BCUT2D eigenvalue weighted by atomic mass is 9.95. The van der Waals surface area contributed by atoms with Crippen LogP contribution in [0.25, 0.3) is 17.0 Å². The number of aromatic hydroxyl groups is 1. The molecule has 0 radical (unpaired) electrons. The number of nitrogens with zero attached hydrogens (tertiary/aromatic N) is 8. The summed E-state index contributed by atoms with van der Waals surface area (Å²) in [6.45, 7) is 6.00. The van der Waals surface area contributed by atoms with Gasteiger partial charge in [-0.2, -0.15) is 9.97 Å². The van der Waals surface area contributed by atoms with Crippen LogP contribution in [0, 0.1) is 0 Å². The van der Waals surface area contributed by atoms with E-state index in [9.17, 15) is 9.50 Å². The molecule has 4 saturated heterocycles. The maximum Gasteiger partial charge on any atom is 0.319 e. The Balaban J connectivity index is 1.21. The first kappa shape index (κ1) is 27.5. The molecule has 3 aromatic heterocycles. The number of aryl methyl sites for hydroxylation is 1. The Bertz CT molecular complexity index is 1760. The SMILES string of the molecule is CCc1ncc2cc(O)cc(C3=C(F)c4nc(OC[C@@]56CCCN5C[C@H](F)C6)nc(N5C[C@H]6CC[C@@H](C5)N6)c4C4=NCCN43)n12. The van der Waals surface area contributed by atoms with Crippen LogP contribution in [0.15, 0.2) is 23.3 Å². The van der Waals surface area contributed by atoms with E-state index in [-0.39, 0.29) is 29.6 Å². The first-order valence-corrected chi connectivity index (χ1v) is 16.3. The first-order chi connectivity index (χ1) is 21.9. The Morgan fingerprint density at radius 3 is 2.80 bits per heavy atom. The molecule has 0 aromatic carbocycles. The third-order valence-corrected chi connectivity index (χ3v) is 10.6. The van der Waals surface area contributed by atoms with Crippen molar-refractivity contribution in [1.82, 2.24) is 34.5 Å². The number of piperazine rings is 1. The molecule has 4 atom stereocenters. The molecule has 4 fully saturated rings. The number of nitrogens with one attached hydrogen (secondary N) is 1. The van der Waals surface area contributed by atoms with E-state index in [4.69, 9.17) is 19.7 Å². The number of amidine groups is 1. The normalized spacial score (nSPS) is 29.0. The van der Waals surface area contributed by atoms with Crippen LogP contribution < -0.4 is 15.0 Å². The third-order valence-electron chi connectivity index (χ3n) is 10.6. The molecule has 2 bridgehead atoms. The highest BCUT2D eigenvalue weighted by Gasteiger charge is 2.50. The van der Waals surface area contributed by atoms with Crippen LogP contribution in [-0.4, -0.2) is 110 Å². The van der Waals surface area contributed by atoms with E-state index in [0.717, 1.165) is 51.1 Å². The van der Waals surface area contributed by atoms with Crippen LogP contribution in [0.2, 0.25) is 0 Å². The summed E-state index contributed by atoms with van der Waals surface area (Å²) < 4.78 is 40.1. The average Bonchev–Trinajstić information content (AvgIpc) is 3.85. The summed E-state index contributed by atoms with van der Waals surface area (Å²) in [4.78, 5) is 25.5. The van der Waals surface area contributed by atoms with Crippen molar-refractivity contribution in [1.29, 1.82) is 0 Å².